The molecule has 1 aliphatic rings. The Morgan fingerprint density at radius 1 is 1.23 bits per heavy atom. The molecular formula is C25H38N6O3S. The molecule has 2 N–H and O–H groups in total. The van der Waals surface area contributed by atoms with Crippen LogP contribution in [0.4, 0.5) is 15.7 Å². The van der Waals surface area contributed by atoms with E-state index in [1.54, 1.807) is 11.3 Å². The molecule has 2 aromatic heterocycles. The minimum atomic E-state index is -0.610. The summed E-state index contributed by atoms with van der Waals surface area (Å²) in [6.07, 6.45) is 5.24. The lowest BCUT2D eigenvalue weighted by molar-refractivity contribution is -0.134. The number of likely N-dealkylation sites (tertiary alicyclic amines) is 1. The number of carbonyl (C=O) groups is 2. The number of piperidine rings is 1. The van der Waals surface area contributed by atoms with Crippen LogP contribution in [0.25, 0.3) is 0 Å². The number of aromatic nitrogens is 3. The zero-order valence-electron chi connectivity index (χ0n) is 21.7. The molecular weight excluding hydrogens is 464 g/mol. The molecule has 1 saturated heterocycles. The number of hydrogen-bond donors (Lipinski definition) is 2. The zero-order chi connectivity index (χ0) is 25.6. The maximum atomic E-state index is 13.3. The van der Waals surface area contributed by atoms with E-state index in [2.05, 4.69) is 27.5 Å². The Hall–Kier alpha value is -2.75. The molecule has 0 saturated carbocycles. The second-order valence-corrected chi connectivity index (χ2v) is 11.3. The van der Waals surface area contributed by atoms with Crippen LogP contribution in [0, 0.1) is 13.8 Å². The Morgan fingerprint density at radius 2 is 1.94 bits per heavy atom. The van der Waals surface area contributed by atoms with Crippen molar-refractivity contribution in [3.05, 3.63) is 28.7 Å². The first-order chi connectivity index (χ1) is 16.5. The van der Waals surface area contributed by atoms with E-state index in [0.29, 0.717) is 19.5 Å². The highest BCUT2D eigenvalue weighted by molar-refractivity contribution is 7.15. The Kier molecular flexibility index (Phi) is 9.04. The number of unbranched alkanes of at least 4 members (excludes halogenated alkanes) is 1. The van der Waals surface area contributed by atoms with Gasteiger partial charge in [-0.25, -0.2) is 19.7 Å². The Balaban J connectivity index is 1.62. The average molecular weight is 503 g/mol. The van der Waals surface area contributed by atoms with E-state index in [9.17, 15) is 9.59 Å². The molecule has 0 spiro atoms. The van der Waals surface area contributed by atoms with Crippen LogP contribution in [-0.2, 0) is 9.53 Å². The molecule has 3 rings (SSSR count). The van der Waals surface area contributed by atoms with Crippen LogP contribution in [-0.4, -0.2) is 56.6 Å². The molecule has 2 aromatic rings. The van der Waals surface area contributed by atoms with Crippen LogP contribution in [0.5, 0.6) is 0 Å². The number of anilines is 2. The van der Waals surface area contributed by atoms with Crippen LogP contribution in [0.1, 0.15) is 82.1 Å². The molecule has 0 bridgehead atoms. The summed E-state index contributed by atoms with van der Waals surface area (Å²) in [6.45, 7) is 12.7. The van der Waals surface area contributed by atoms with E-state index >= 15 is 0 Å². The summed E-state index contributed by atoms with van der Waals surface area (Å²) in [7, 11) is 0. The van der Waals surface area contributed by atoms with Crippen molar-refractivity contribution in [1.29, 1.82) is 0 Å². The van der Waals surface area contributed by atoms with Gasteiger partial charge in [-0.2, -0.15) is 0 Å². The number of alkyl carbamates (subject to hydrolysis) is 1. The van der Waals surface area contributed by atoms with Crippen molar-refractivity contribution >= 4 is 34.3 Å². The first kappa shape index (κ1) is 26.8. The molecule has 3 heterocycles. The Bertz CT molecular complexity index is 1010. The lowest BCUT2D eigenvalue weighted by Crippen LogP contribution is -2.51. The summed E-state index contributed by atoms with van der Waals surface area (Å²) in [5.74, 6) is 1.66. The highest BCUT2D eigenvalue weighted by Gasteiger charge is 2.31. The number of carbonyl (C=O) groups excluding carboxylic acids is 2. The van der Waals surface area contributed by atoms with Crippen LogP contribution in [0.15, 0.2) is 12.3 Å². The maximum Gasteiger partial charge on any atom is 0.408 e. The number of hydrogen-bond acceptors (Lipinski definition) is 8. The van der Waals surface area contributed by atoms with Crippen molar-refractivity contribution in [2.45, 2.75) is 91.2 Å². The van der Waals surface area contributed by atoms with Crippen molar-refractivity contribution in [2.75, 3.05) is 18.4 Å². The highest BCUT2D eigenvalue weighted by Crippen LogP contribution is 2.28. The van der Waals surface area contributed by atoms with Gasteiger partial charge in [0.05, 0.1) is 0 Å². The summed E-state index contributed by atoms with van der Waals surface area (Å²) >= 11 is 1.58. The molecule has 1 aliphatic heterocycles. The number of nitrogens with zero attached hydrogens (tertiary/aromatic N) is 4. The van der Waals surface area contributed by atoms with Gasteiger partial charge in [0.25, 0.3) is 0 Å². The topological polar surface area (TPSA) is 109 Å². The van der Waals surface area contributed by atoms with Crippen LogP contribution in [0.3, 0.4) is 0 Å². The quantitative estimate of drug-likeness (QED) is 0.518. The van der Waals surface area contributed by atoms with Gasteiger partial charge < -0.3 is 20.3 Å². The van der Waals surface area contributed by atoms with Crippen molar-refractivity contribution in [2.24, 2.45) is 0 Å². The Labute approximate surface area is 212 Å². The first-order valence-corrected chi connectivity index (χ1v) is 13.2. The average Bonchev–Trinajstić information content (AvgIpc) is 3.19. The minimum Gasteiger partial charge on any atom is -0.444 e. The van der Waals surface area contributed by atoms with Crippen LogP contribution in [0.2, 0.25) is 0 Å². The molecule has 192 valence electrons. The van der Waals surface area contributed by atoms with Gasteiger partial charge in [0.2, 0.25) is 5.91 Å². The van der Waals surface area contributed by atoms with Crippen molar-refractivity contribution in [1.82, 2.24) is 25.2 Å². The van der Waals surface area contributed by atoms with Crippen LogP contribution >= 0.6 is 11.3 Å². The molecule has 1 unspecified atom stereocenters. The molecule has 0 aromatic carbocycles. The molecule has 35 heavy (non-hydrogen) atoms. The van der Waals surface area contributed by atoms with Gasteiger partial charge in [0.15, 0.2) is 5.13 Å². The lowest BCUT2D eigenvalue weighted by Gasteiger charge is -2.34. The summed E-state index contributed by atoms with van der Waals surface area (Å²) in [5, 5.41) is 6.89. The molecule has 0 radical (unpaired) electrons. The predicted molar refractivity (Wildman–Crippen MR) is 138 cm³/mol. The number of aryl methyl sites for hydroxylation is 2. The minimum absolute atomic E-state index is 0.0468. The van der Waals surface area contributed by atoms with E-state index in [4.69, 9.17) is 9.72 Å². The van der Waals surface area contributed by atoms with Gasteiger partial charge in [-0.15, -0.1) is 11.3 Å². The molecule has 1 atom stereocenters. The summed E-state index contributed by atoms with van der Waals surface area (Å²) in [4.78, 5) is 42.4. The summed E-state index contributed by atoms with van der Waals surface area (Å²) < 4.78 is 5.38. The standard InChI is InChI=1S/C25H38N6O3S/c1-7-8-9-19(28-24(33)34-25(4,5)6)22(32)31-12-10-18(11-13-31)21-27-16(2)14-20(29-21)30-23-26-15-17(3)35-23/h14-15,18-19H,7-13H2,1-6H3,(H,28,33)(H,26,27,29,30). The smallest absolute Gasteiger partial charge is 0.408 e. The van der Waals surface area contributed by atoms with Crippen molar-refractivity contribution < 1.29 is 14.3 Å². The van der Waals surface area contributed by atoms with E-state index < -0.39 is 17.7 Å². The number of nitrogens with one attached hydrogen (secondary N) is 2. The third-order valence-electron chi connectivity index (χ3n) is 5.73. The third-order valence-corrected chi connectivity index (χ3v) is 6.56. The van der Waals surface area contributed by atoms with Gasteiger partial charge in [0, 0.05) is 41.8 Å². The van der Waals surface area contributed by atoms with E-state index in [1.807, 2.05) is 51.8 Å². The van der Waals surface area contributed by atoms with Gasteiger partial charge in [0.1, 0.15) is 23.3 Å². The number of thiazole rings is 1. The van der Waals surface area contributed by atoms with E-state index in [-0.39, 0.29) is 11.8 Å². The third kappa shape index (κ3) is 8.16. The molecule has 2 amide bonds. The zero-order valence-corrected chi connectivity index (χ0v) is 22.5. The fourth-order valence-corrected chi connectivity index (χ4v) is 4.73. The normalized spacial score (nSPS) is 15.5. The monoisotopic (exact) mass is 502 g/mol. The SMILES string of the molecule is CCCCC(NC(=O)OC(C)(C)C)C(=O)N1CCC(c2nc(C)cc(Nc3ncc(C)s3)n2)CC1. The largest absolute Gasteiger partial charge is 0.444 e. The second-order valence-electron chi connectivity index (χ2n) is 10.1. The van der Waals surface area contributed by atoms with Gasteiger partial charge >= 0.3 is 6.09 Å². The Morgan fingerprint density at radius 3 is 2.54 bits per heavy atom. The van der Waals surface area contributed by atoms with Gasteiger partial charge in [-0.05, 0) is 53.9 Å². The second kappa shape index (κ2) is 11.8. The van der Waals surface area contributed by atoms with E-state index in [1.165, 1.54) is 0 Å². The van der Waals surface area contributed by atoms with Crippen molar-refractivity contribution in [3.8, 4) is 0 Å². The fourth-order valence-electron chi connectivity index (χ4n) is 4.05. The van der Waals surface area contributed by atoms with Crippen LogP contribution < -0.4 is 10.6 Å². The number of rotatable bonds is 8. The summed E-state index contributed by atoms with van der Waals surface area (Å²) in [5.41, 5.74) is 0.284. The lowest BCUT2D eigenvalue weighted by atomic mass is 9.95. The van der Waals surface area contributed by atoms with Gasteiger partial charge in [-0.1, -0.05) is 19.8 Å². The molecule has 9 nitrogen and oxygen atoms in total. The number of amides is 2. The highest BCUT2D eigenvalue weighted by atomic mass is 32.1. The predicted octanol–water partition coefficient (Wildman–Crippen LogP) is 5.08. The summed E-state index contributed by atoms with van der Waals surface area (Å²) in [6, 6.07) is 1.34. The molecule has 0 aliphatic carbocycles. The number of ether oxygens (including phenoxy) is 1. The maximum absolute atomic E-state index is 13.3. The molecule has 1 fully saturated rings. The van der Waals surface area contributed by atoms with Gasteiger partial charge in [-0.3, -0.25) is 4.79 Å². The van der Waals surface area contributed by atoms with E-state index in [0.717, 1.165) is 53.0 Å². The molecule has 10 heteroatoms. The van der Waals surface area contributed by atoms with Crippen molar-refractivity contribution in [3.63, 3.8) is 0 Å². The fraction of sp³-hybridized carbons (Fsp3) is 0.640. The first-order valence-electron chi connectivity index (χ1n) is 12.4.